The molecule has 0 spiro atoms. The first kappa shape index (κ1) is 14.3. The second-order valence-corrected chi connectivity index (χ2v) is 5.09. The number of oxime groups is 1. The molecule has 1 aromatic heterocycles. The predicted molar refractivity (Wildman–Crippen MR) is 80.4 cm³/mol. The monoisotopic (exact) mass is 335 g/mol. The number of aryl methyl sites for hydroxylation is 2. The average Bonchev–Trinajstić information content (AvgIpc) is 2.40. The fourth-order valence-electron chi connectivity index (χ4n) is 1.88. The van der Waals surface area contributed by atoms with Crippen LogP contribution < -0.4 is 10.5 Å². The normalized spacial score (nSPS) is 11.4. The third-order valence-corrected chi connectivity index (χ3v) is 3.37. The minimum absolute atomic E-state index is 0.0305. The van der Waals surface area contributed by atoms with Crippen LogP contribution in [0.5, 0.6) is 11.5 Å². The van der Waals surface area contributed by atoms with E-state index in [0.29, 0.717) is 22.8 Å². The maximum absolute atomic E-state index is 8.90. The zero-order valence-electron chi connectivity index (χ0n) is 11.1. The molecule has 6 heteroatoms. The Kier molecular flexibility index (Phi) is 4.24. The summed E-state index contributed by atoms with van der Waals surface area (Å²) < 4.78 is 6.68. The molecule has 0 unspecified atom stereocenters. The number of para-hydroxylation sites is 1. The van der Waals surface area contributed by atoms with E-state index in [9.17, 15) is 0 Å². The molecule has 1 aromatic carbocycles. The van der Waals surface area contributed by atoms with Gasteiger partial charge in [0, 0.05) is 11.8 Å². The predicted octanol–water partition coefficient (Wildman–Crippen LogP) is 3.35. The van der Waals surface area contributed by atoms with Crippen molar-refractivity contribution in [2.45, 2.75) is 13.8 Å². The third-order valence-electron chi connectivity index (χ3n) is 2.71. The van der Waals surface area contributed by atoms with Gasteiger partial charge in [-0.15, -0.1) is 0 Å². The molecule has 0 saturated carbocycles. The minimum Gasteiger partial charge on any atom is -0.455 e. The van der Waals surface area contributed by atoms with Crippen LogP contribution in [0, 0.1) is 13.8 Å². The number of hydrogen-bond donors (Lipinski definition) is 2. The van der Waals surface area contributed by atoms with E-state index in [4.69, 9.17) is 15.7 Å². The second-order valence-electron chi connectivity index (χ2n) is 4.24. The van der Waals surface area contributed by atoms with Gasteiger partial charge in [0.1, 0.15) is 11.5 Å². The Balaban J connectivity index is 2.53. The van der Waals surface area contributed by atoms with Crippen molar-refractivity contribution in [1.29, 1.82) is 0 Å². The molecule has 0 radical (unpaired) electrons. The first-order chi connectivity index (χ1) is 9.52. The quantitative estimate of drug-likeness (QED) is 0.390. The van der Waals surface area contributed by atoms with Crippen LogP contribution in [0.3, 0.4) is 0 Å². The van der Waals surface area contributed by atoms with Crippen molar-refractivity contribution < 1.29 is 9.94 Å². The van der Waals surface area contributed by atoms with Gasteiger partial charge in [0.15, 0.2) is 5.84 Å². The molecule has 2 aromatic rings. The Morgan fingerprint density at radius 1 is 1.30 bits per heavy atom. The zero-order chi connectivity index (χ0) is 14.7. The van der Waals surface area contributed by atoms with Gasteiger partial charge in [-0.3, -0.25) is 4.98 Å². The molecule has 0 bridgehead atoms. The molecule has 0 atom stereocenters. The second kappa shape index (κ2) is 5.92. The molecule has 104 valence electrons. The number of nitrogens with zero attached hydrogens (tertiary/aromatic N) is 2. The van der Waals surface area contributed by atoms with Crippen LogP contribution in [0.1, 0.15) is 17.0 Å². The first-order valence-corrected chi connectivity index (χ1v) is 6.70. The molecule has 5 nitrogen and oxygen atoms in total. The molecule has 2 rings (SSSR count). The summed E-state index contributed by atoms with van der Waals surface area (Å²) in [6, 6.07) is 9.21. The molecule has 0 aliphatic carbocycles. The number of benzene rings is 1. The van der Waals surface area contributed by atoms with E-state index < -0.39 is 0 Å². The van der Waals surface area contributed by atoms with Gasteiger partial charge >= 0.3 is 0 Å². The van der Waals surface area contributed by atoms with Crippen LogP contribution in [-0.4, -0.2) is 16.0 Å². The molecule has 0 amide bonds. The molecule has 0 fully saturated rings. The first-order valence-electron chi connectivity index (χ1n) is 5.91. The van der Waals surface area contributed by atoms with Crippen LogP contribution in [0.4, 0.5) is 0 Å². The summed E-state index contributed by atoms with van der Waals surface area (Å²) in [4.78, 5) is 4.30. The van der Waals surface area contributed by atoms with Crippen molar-refractivity contribution >= 4 is 21.8 Å². The summed E-state index contributed by atoms with van der Waals surface area (Å²) in [5.41, 5.74) is 7.62. The number of amidine groups is 1. The van der Waals surface area contributed by atoms with Crippen LogP contribution in [-0.2, 0) is 0 Å². The number of aromatic nitrogens is 1. The van der Waals surface area contributed by atoms with Crippen LogP contribution in [0.25, 0.3) is 0 Å². The fraction of sp³-hybridized carbons (Fsp3) is 0.143. The lowest BCUT2D eigenvalue weighted by molar-refractivity contribution is 0.318. The standard InChI is InChI=1S/C14H14BrN3O2/c1-8-7-12(13(9(2)17-8)14(16)18-19)20-11-6-4-3-5-10(11)15/h3-7,19H,1-2H3,(H2,16,18). The van der Waals surface area contributed by atoms with Gasteiger partial charge in [-0.1, -0.05) is 17.3 Å². The summed E-state index contributed by atoms with van der Waals surface area (Å²) >= 11 is 3.42. The highest BCUT2D eigenvalue weighted by atomic mass is 79.9. The molecule has 3 N–H and O–H groups in total. The summed E-state index contributed by atoms with van der Waals surface area (Å²) in [7, 11) is 0. The Morgan fingerprint density at radius 2 is 2.00 bits per heavy atom. The van der Waals surface area contributed by atoms with Gasteiger partial charge in [0.25, 0.3) is 0 Å². The van der Waals surface area contributed by atoms with Gasteiger partial charge in [-0.2, -0.15) is 0 Å². The number of hydrogen-bond acceptors (Lipinski definition) is 4. The van der Waals surface area contributed by atoms with E-state index in [-0.39, 0.29) is 5.84 Å². The lowest BCUT2D eigenvalue weighted by atomic mass is 10.1. The molecule has 0 saturated heterocycles. The van der Waals surface area contributed by atoms with E-state index in [1.54, 1.807) is 13.0 Å². The highest BCUT2D eigenvalue weighted by Gasteiger charge is 2.15. The maximum Gasteiger partial charge on any atom is 0.175 e. The molecular weight excluding hydrogens is 322 g/mol. The Bertz CT molecular complexity index is 671. The number of rotatable bonds is 3. The molecule has 0 aliphatic rings. The molecular formula is C14H14BrN3O2. The van der Waals surface area contributed by atoms with Crippen LogP contribution in [0.2, 0.25) is 0 Å². The minimum atomic E-state index is -0.0305. The van der Waals surface area contributed by atoms with E-state index in [1.807, 2.05) is 31.2 Å². The van der Waals surface area contributed by atoms with Crippen molar-refractivity contribution in [2.24, 2.45) is 10.9 Å². The largest absolute Gasteiger partial charge is 0.455 e. The van der Waals surface area contributed by atoms with Gasteiger partial charge < -0.3 is 15.7 Å². The van der Waals surface area contributed by atoms with Crippen molar-refractivity contribution in [2.75, 3.05) is 0 Å². The van der Waals surface area contributed by atoms with E-state index in [2.05, 4.69) is 26.1 Å². The van der Waals surface area contributed by atoms with Crippen LogP contribution >= 0.6 is 15.9 Å². The van der Waals surface area contributed by atoms with Crippen LogP contribution in [0.15, 0.2) is 40.0 Å². The number of halogens is 1. The number of pyridine rings is 1. The lowest BCUT2D eigenvalue weighted by Gasteiger charge is -2.14. The highest BCUT2D eigenvalue weighted by molar-refractivity contribution is 9.10. The summed E-state index contributed by atoms with van der Waals surface area (Å²) in [5.74, 6) is 1.11. The lowest BCUT2D eigenvalue weighted by Crippen LogP contribution is -2.17. The fourth-order valence-corrected chi connectivity index (χ4v) is 2.25. The smallest absolute Gasteiger partial charge is 0.175 e. The average molecular weight is 336 g/mol. The Morgan fingerprint density at radius 3 is 2.65 bits per heavy atom. The number of ether oxygens (including phenoxy) is 1. The Labute approximate surface area is 125 Å². The van der Waals surface area contributed by atoms with Crippen molar-refractivity contribution in [3.63, 3.8) is 0 Å². The SMILES string of the molecule is Cc1cc(Oc2ccccc2Br)c(/C(N)=N/O)c(C)n1. The summed E-state index contributed by atoms with van der Waals surface area (Å²) in [6.07, 6.45) is 0. The zero-order valence-corrected chi connectivity index (χ0v) is 12.7. The van der Waals surface area contributed by atoms with Crippen molar-refractivity contribution in [1.82, 2.24) is 4.98 Å². The number of nitrogens with two attached hydrogens (primary N) is 1. The molecule has 20 heavy (non-hydrogen) atoms. The highest BCUT2D eigenvalue weighted by Crippen LogP contribution is 2.32. The van der Waals surface area contributed by atoms with E-state index >= 15 is 0 Å². The van der Waals surface area contributed by atoms with E-state index in [1.165, 1.54) is 0 Å². The Hall–Kier alpha value is -2.08. The summed E-state index contributed by atoms with van der Waals surface area (Å²) in [5, 5.41) is 11.9. The molecule has 1 heterocycles. The third kappa shape index (κ3) is 2.91. The van der Waals surface area contributed by atoms with Gasteiger partial charge in [0.05, 0.1) is 15.7 Å². The molecule has 0 aliphatic heterocycles. The van der Waals surface area contributed by atoms with Crippen molar-refractivity contribution in [3.05, 3.63) is 51.8 Å². The summed E-state index contributed by atoms with van der Waals surface area (Å²) in [6.45, 7) is 3.64. The topological polar surface area (TPSA) is 80.7 Å². The van der Waals surface area contributed by atoms with E-state index in [0.717, 1.165) is 10.2 Å². The van der Waals surface area contributed by atoms with Gasteiger partial charge in [-0.25, -0.2) is 0 Å². The maximum atomic E-state index is 8.90. The van der Waals surface area contributed by atoms with Gasteiger partial charge in [0.2, 0.25) is 0 Å². The van der Waals surface area contributed by atoms with Gasteiger partial charge in [-0.05, 0) is 41.9 Å². The van der Waals surface area contributed by atoms with Crippen molar-refractivity contribution in [3.8, 4) is 11.5 Å².